The van der Waals surface area contributed by atoms with Crippen LogP contribution in [0.5, 0.6) is 0 Å². The van der Waals surface area contributed by atoms with E-state index in [4.69, 9.17) is 24.9 Å². The van der Waals surface area contributed by atoms with Gasteiger partial charge in [-0.2, -0.15) is 0 Å². The van der Waals surface area contributed by atoms with Crippen molar-refractivity contribution in [2.24, 2.45) is 0 Å². The van der Waals surface area contributed by atoms with Crippen molar-refractivity contribution in [2.45, 2.75) is 24.8 Å². The predicted molar refractivity (Wildman–Crippen MR) is 51.5 cm³/mol. The molecule has 0 saturated heterocycles. The van der Waals surface area contributed by atoms with E-state index in [0.717, 1.165) is 6.42 Å². The van der Waals surface area contributed by atoms with Gasteiger partial charge < -0.3 is 13.3 Å². The predicted octanol–water partition coefficient (Wildman–Crippen LogP) is 1.88. The summed E-state index contributed by atoms with van der Waals surface area (Å²) in [4.78, 5) is 0. The van der Waals surface area contributed by atoms with Gasteiger partial charge in [0.15, 0.2) is 0 Å². The van der Waals surface area contributed by atoms with Crippen LogP contribution in [0.3, 0.4) is 0 Å². The molecule has 0 saturated carbocycles. The van der Waals surface area contributed by atoms with Gasteiger partial charge in [-0.05, 0) is 6.42 Å². The SMILES string of the molecule is CCC(Cl)C[Si](OC)(OC)OC. The van der Waals surface area contributed by atoms with Crippen LogP contribution in [0.25, 0.3) is 0 Å². The third kappa shape index (κ3) is 3.41. The first-order valence-electron chi connectivity index (χ1n) is 3.93. The van der Waals surface area contributed by atoms with Crippen molar-refractivity contribution < 1.29 is 13.3 Å². The van der Waals surface area contributed by atoms with Gasteiger partial charge in [0, 0.05) is 32.8 Å². The fraction of sp³-hybridized carbons (Fsp3) is 1.00. The highest BCUT2D eigenvalue weighted by Crippen LogP contribution is 2.20. The molecule has 0 aromatic rings. The van der Waals surface area contributed by atoms with Crippen molar-refractivity contribution in [2.75, 3.05) is 21.3 Å². The zero-order valence-electron chi connectivity index (χ0n) is 8.09. The Bertz CT molecular complexity index is 111. The second-order valence-corrected chi connectivity index (χ2v) is 6.12. The molecule has 0 rings (SSSR count). The van der Waals surface area contributed by atoms with Crippen LogP contribution in [-0.4, -0.2) is 35.5 Å². The van der Waals surface area contributed by atoms with Crippen molar-refractivity contribution >= 4 is 20.4 Å². The van der Waals surface area contributed by atoms with Gasteiger partial charge >= 0.3 is 8.80 Å². The lowest BCUT2D eigenvalue weighted by Gasteiger charge is -2.25. The standard InChI is InChI=1S/C7H17ClO3Si/c1-5-7(8)6-12(9-2,10-3)11-4/h7H,5-6H2,1-4H3. The second-order valence-electron chi connectivity index (χ2n) is 2.51. The Morgan fingerprint density at radius 1 is 1.17 bits per heavy atom. The van der Waals surface area contributed by atoms with Crippen molar-refractivity contribution in [1.82, 2.24) is 0 Å². The van der Waals surface area contributed by atoms with Gasteiger partial charge in [0.2, 0.25) is 0 Å². The van der Waals surface area contributed by atoms with Crippen molar-refractivity contribution in [3.05, 3.63) is 0 Å². The Labute approximate surface area is 80.3 Å². The van der Waals surface area contributed by atoms with E-state index < -0.39 is 8.80 Å². The van der Waals surface area contributed by atoms with Gasteiger partial charge in [0.05, 0.1) is 0 Å². The molecule has 0 spiro atoms. The van der Waals surface area contributed by atoms with E-state index in [1.165, 1.54) is 0 Å². The average molecular weight is 213 g/mol. The van der Waals surface area contributed by atoms with Gasteiger partial charge in [0.1, 0.15) is 0 Å². The molecule has 0 bridgehead atoms. The first-order chi connectivity index (χ1) is 5.64. The lowest BCUT2D eigenvalue weighted by atomic mass is 10.4. The van der Waals surface area contributed by atoms with Crippen LogP contribution in [0, 0.1) is 0 Å². The Morgan fingerprint density at radius 2 is 1.58 bits per heavy atom. The maximum atomic E-state index is 5.98. The Kier molecular flexibility index (Phi) is 6.13. The zero-order chi connectivity index (χ0) is 9.61. The summed E-state index contributed by atoms with van der Waals surface area (Å²) in [5, 5.41) is 0.0662. The van der Waals surface area contributed by atoms with Crippen molar-refractivity contribution in [3.63, 3.8) is 0 Å². The molecule has 12 heavy (non-hydrogen) atoms. The summed E-state index contributed by atoms with van der Waals surface area (Å²) >= 11 is 5.98. The van der Waals surface area contributed by atoms with Gasteiger partial charge in [-0.25, -0.2) is 0 Å². The topological polar surface area (TPSA) is 27.7 Å². The third-order valence-corrected chi connectivity index (χ3v) is 5.43. The van der Waals surface area contributed by atoms with Gasteiger partial charge in [-0.1, -0.05) is 6.92 Å². The quantitative estimate of drug-likeness (QED) is 0.497. The number of hydrogen-bond donors (Lipinski definition) is 0. The molecule has 5 heteroatoms. The van der Waals surface area contributed by atoms with E-state index in [1.807, 2.05) is 6.92 Å². The van der Waals surface area contributed by atoms with Crippen LogP contribution in [0.4, 0.5) is 0 Å². The van der Waals surface area contributed by atoms with E-state index in [-0.39, 0.29) is 5.38 Å². The molecule has 0 fully saturated rings. The number of halogens is 1. The van der Waals surface area contributed by atoms with E-state index in [2.05, 4.69) is 0 Å². The monoisotopic (exact) mass is 212 g/mol. The molecule has 0 aromatic heterocycles. The largest absolute Gasteiger partial charge is 0.501 e. The molecule has 0 aromatic carbocycles. The van der Waals surface area contributed by atoms with Gasteiger partial charge in [-0.3, -0.25) is 0 Å². The molecule has 0 amide bonds. The van der Waals surface area contributed by atoms with Crippen LogP contribution < -0.4 is 0 Å². The van der Waals surface area contributed by atoms with E-state index in [1.54, 1.807) is 21.3 Å². The normalized spacial score (nSPS) is 14.8. The van der Waals surface area contributed by atoms with Crippen LogP contribution in [0.15, 0.2) is 0 Å². The van der Waals surface area contributed by atoms with Gasteiger partial charge in [-0.15, -0.1) is 11.6 Å². The minimum atomic E-state index is -2.43. The minimum absolute atomic E-state index is 0.0662. The maximum Gasteiger partial charge on any atom is 0.501 e. The summed E-state index contributed by atoms with van der Waals surface area (Å²) in [7, 11) is 2.35. The molecule has 0 radical (unpaired) electrons. The summed E-state index contributed by atoms with van der Waals surface area (Å²) in [5.41, 5.74) is 0. The molecule has 74 valence electrons. The van der Waals surface area contributed by atoms with Crippen molar-refractivity contribution in [3.8, 4) is 0 Å². The lowest BCUT2D eigenvalue weighted by molar-refractivity contribution is 0.123. The number of alkyl halides is 1. The molecule has 0 aliphatic carbocycles. The Balaban J connectivity index is 4.09. The summed E-state index contributed by atoms with van der Waals surface area (Å²) in [6.45, 7) is 2.03. The smallest absolute Gasteiger partial charge is 0.377 e. The number of rotatable bonds is 6. The molecule has 3 nitrogen and oxygen atoms in total. The molecular weight excluding hydrogens is 196 g/mol. The molecule has 0 aliphatic heterocycles. The highest BCUT2D eigenvalue weighted by Gasteiger charge is 2.39. The van der Waals surface area contributed by atoms with E-state index in [0.29, 0.717) is 6.04 Å². The molecular formula is C7H17ClO3Si. The fourth-order valence-corrected chi connectivity index (χ4v) is 3.31. The minimum Gasteiger partial charge on any atom is -0.377 e. The Morgan fingerprint density at radius 3 is 1.83 bits per heavy atom. The molecule has 0 aliphatic rings. The summed E-state index contributed by atoms with van der Waals surface area (Å²) in [6.07, 6.45) is 0.895. The molecule has 0 heterocycles. The van der Waals surface area contributed by atoms with Crippen LogP contribution in [0.2, 0.25) is 6.04 Å². The van der Waals surface area contributed by atoms with Gasteiger partial charge in [0.25, 0.3) is 0 Å². The molecule has 0 N–H and O–H groups in total. The highest BCUT2D eigenvalue weighted by atomic mass is 35.5. The third-order valence-electron chi connectivity index (χ3n) is 1.85. The van der Waals surface area contributed by atoms with E-state index in [9.17, 15) is 0 Å². The first-order valence-corrected chi connectivity index (χ1v) is 6.30. The molecule has 1 atom stereocenters. The second kappa shape index (κ2) is 5.94. The molecule has 1 unspecified atom stereocenters. The number of hydrogen-bond acceptors (Lipinski definition) is 3. The highest BCUT2D eigenvalue weighted by molar-refractivity contribution is 6.61. The van der Waals surface area contributed by atoms with Crippen LogP contribution in [-0.2, 0) is 13.3 Å². The first kappa shape index (κ1) is 12.4. The fourth-order valence-electron chi connectivity index (χ4n) is 0.916. The Hall–Kier alpha value is 0.387. The lowest BCUT2D eigenvalue weighted by Crippen LogP contribution is -2.44. The maximum absolute atomic E-state index is 5.98. The summed E-state index contributed by atoms with van der Waals surface area (Å²) in [6, 6.07) is 0.661. The summed E-state index contributed by atoms with van der Waals surface area (Å²) in [5.74, 6) is 0. The average Bonchev–Trinajstić information content (AvgIpc) is 2.14. The summed E-state index contributed by atoms with van der Waals surface area (Å²) < 4.78 is 15.7. The zero-order valence-corrected chi connectivity index (χ0v) is 9.85. The van der Waals surface area contributed by atoms with E-state index >= 15 is 0 Å². The van der Waals surface area contributed by atoms with Crippen LogP contribution in [0.1, 0.15) is 13.3 Å². The van der Waals surface area contributed by atoms with Crippen molar-refractivity contribution in [1.29, 1.82) is 0 Å². The van der Waals surface area contributed by atoms with Crippen LogP contribution >= 0.6 is 11.6 Å².